The molecule has 4 aliphatic heterocycles. The Morgan fingerprint density at radius 3 is 1.43 bits per heavy atom. The molecule has 0 aromatic carbocycles. The van der Waals surface area contributed by atoms with Gasteiger partial charge in [-0.1, -0.05) is 29.7 Å². The number of terminal acetylenes is 1. The van der Waals surface area contributed by atoms with Gasteiger partial charge in [-0.3, -0.25) is 33.5 Å². The van der Waals surface area contributed by atoms with Gasteiger partial charge in [0.2, 0.25) is 5.78 Å². The van der Waals surface area contributed by atoms with Crippen molar-refractivity contribution in [2.24, 2.45) is 0 Å². The van der Waals surface area contributed by atoms with Crippen LogP contribution in [-0.4, -0.2) is 117 Å². The van der Waals surface area contributed by atoms with Gasteiger partial charge in [-0.05, 0) is 206 Å². The first-order valence-corrected chi connectivity index (χ1v) is 26.9. The van der Waals surface area contributed by atoms with Crippen LogP contribution >= 0.6 is 31.9 Å². The smallest absolute Gasteiger partial charge is 0.410 e. The molecule has 428 valence electrons. The van der Waals surface area contributed by atoms with Gasteiger partial charge in [0.15, 0.2) is 0 Å². The molecule has 3 aromatic heterocycles. The summed E-state index contributed by atoms with van der Waals surface area (Å²) < 4.78 is 24.1. The Kier molecular flexibility index (Phi) is 28.7. The van der Waals surface area contributed by atoms with Gasteiger partial charge in [0.05, 0.1) is 44.2 Å². The second-order valence-electron chi connectivity index (χ2n) is 22.3. The number of likely N-dealkylation sites (tertiary alicyclic amines) is 3. The van der Waals surface area contributed by atoms with E-state index in [-0.39, 0.29) is 59.8 Å². The highest BCUT2D eigenvalue weighted by Gasteiger charge is 2.38. The van der Waals surface area contributed by atoms with Crippen molar-refractivity contribution < 1.29 is 33.4 Å². The number of nitrogens with one attached hydrogen (secondary N) is 1. The molecule has 3 aromatic rings. The highest BCUT2D eigenvalue weighted by Crippen LogP contribution is 2.37. The summed E-state index contributed by atoms with van der Waals surface area (Å²) in [4.78, 5) is 52.8. The highest BCUT2D eigenvalue weighted by atomic mass is 79.9. The number of carbonyl (C=O) groups is 4. The summed E-state index contributed by atoms with van der Waals surface area (Å²) in [5.74, 6) is 1.72. The largest absolute Gasteiger partial charge is 0.444 e. The first kappa shape index (κ1) is 70.6. The molecule has 0 saturated carbocycles. The van der Waals surface area contributed by atoms with Gasteiger partial charge < -0.3 is 19.5 Å². The second kappa shape index (κ2) is 30.5. The monoisotopic (exact) mass is 1180 g/mol. The molecule has 17 nitrogen and oxygen atoms in total. The van der Waals surface area contributed by atoms with Gasteiger partial charge in [-0.15, -0.1) is 6.42 Å². The molecule has 1 N–H and O–H groups in total. The number of nitrogens with zero attached hydrogens (tertiary/aromatic N) is 9. The average Bonchev–Trinajstić information content (AvgIpc) is 4.10. The number of halogens is 2. The number of hydrogen-bond acceptors (Lipinski definition) is 11. The molecule has 4 atom stereocenters. The van der Waals surface area contributed by atoms with Crippen molar-refractivity contribution in [3.05, 3.63) is 50.7 Å². The summed E-state index contributed by atoms with van der Waals surface area (Å²) in [6, 6.07) is 3.06. The SMILES string of the molecule is C.C.C.C.C#CC(=O)[C@H]1CCCN1C(=O)OC(C)(C)C.CC(C)n1cc(Br)c([C@H]2CCCN2)n1.CC(C)n1cc(Br)c([C@H]2CCCN2C(=O)OC(C)(C)C)n1.CC(C)n1ccc([C@H]2CCCN2C(=O)OC(C)(C)C)n1. The van der Waals surface area contributed by atoms with Crippen LogP contribution in [0, 0.1) is 12.3 Å². The van der Waals surface area contributed by atoms with Crippen molar-refractivity contribution in [1.29, 1.82) is 0 Å². The molecular formula is C56H98Br2N10O7. The second-order valence-corrected chi connectivity index (χ2v) is 24.0. The van der Waals surface area contributed by atoms with E-state index in [1.807, 2.05) is 74.0 Å². The Morgan fingerprint density at radius 1 is 0.600 bits per heavy atom. The van der Waals surface area contributed by atoms with E-state index in [9.17, 15) is 19.2 Å². The van der Waals surface area contributed by atoms with Crippen LogP contribution in [0.4, 0.5) is 14.4 Å². The van der Waals surface area contributed by atoms with Crippen molar-refractivity contribution >= 4 is 55.9 Å². The Labute approximate surface area is 469 Å². The molecule has 4 saturated heterocycles. The number of carbonyl (C=O) groups excluding carboxylic acids is 4. The highest BCUT2D eigenvalue weighted by molar-refractivity contribution is 9.10. The fraction of sp³-hybridized carbons (Fsp3) is 0.732. The average molecular weight is 1180 g/mol. The zero-order chi connectivity index (χ0) is 53.2. The summed E-state index contributed by atoms with van der Waals surface area (Å²) in [5.41, 5.74) is 1.56. The molecule has 75 heavy (non-hydrogen) atoms. The lowest BCUT2D eigenvalue weighted by Crippen LogP contribution is -2.43. The molecule has 4 aliphatic rings. The topological polar surface area (TPSA) is 171 Å². The lowest BCUT2D eigenvalue weighted by Gasteiger charge is -2.28. The Balaban J connectivity index is 0.000000967. The number of hydrogen-bond donors (Lipinski definition) is 1. The molecular weight excluding hydrogens is 1080 g/mol. The first-order valence-electron chi connectivity index (χ1n) is 25.3. The third-order valence-electron chi connectivity index (χ3n) is 11.8. The zero-order valence-electron chi connectivity index (χ0n) is 45.1. The van der Waals surface area contributed by atoms with E-state index < -0.39 is 28.9 Å². The lowest BCUT2D eigenvalue weighted by molar-refractivity contribution is -0.117. The minimum absolute atomic E-state index is 0. The number of Topliss-reactive ketones (excluding diaryl/α,β-unsaturated/α-hetero) is 1. The van der Waals surface area contributed by atoms with Crippen LogP contribution in [-0.2, 0) is 19.0 Å². The standard InChI is InChI=1S/C15H24BrN3O2.C15H25N3O2.C12H17NO3.C10H16BrN3.4CH4/c1-10(2)19-9-11(16)13(17-19)12-7-6-8-18(12)14(20)21-15(3,4)5;1-11(2)18-10-8-12(16-18)13-7-6-9-17(13)14(19)20-15(3,4)5;1-5-10(14)9-7-6-8-13(9)11(15)16-12(2,3)4;1-7(2)14-6-8(11)10(13-14)9-4-3-5-12-9;;;;/h9-10,12H,6-8H2,1-5H3;8,10-11,13H,6-7,9H2,1-5H3;1,9H,6-8H2,2-4H3;6-7,9,12H,3-5H2,1-2H3;4*1H4/t12-;13-;2*9-;;;;/m1111..../s1. The molecule has 0 bridgehead atoms. The van der Waals surface area contributed by atoms with Crippen molar-refractivity contribution in [2.45, 2.75) is 244 Å². The van der Waals surface area contributed by atoms with Gasteiger partial charge in [0.1, 0.15) is 22.8 Å². The van der Waals surface area contributed by atoms with Crippen LogP contribution < -0.4 is 5.32 Å². The van der Waals surface area contributed by atoms with E-state index in [0.29, 0.717) is 37.1 Å². The van der Waals surface area contributed by atoms with Gasteiger partial charge in [-0.2, -0.15) is 15.3 Å². The van der Waals surface area contributed by atoms with Crippen LogP contribution in [0.5, 0.6) is 0 Å². The van der Waals surface area contributed by atoms with Crippen LogP contribution in [0.2, 0.25) is 0 Å². The van der Waals surface area contributed by atoms with E-state index >= 15 is 0 Å². The predicted octanol–water partition coefficient (Wildman–Crippen LogP) is 14.6. The van der Waals surface area contributed by atoms with Gasteiger partial charge in [-0.25, -0.2) is 14.4 Å². The molecule has 7 heterocycles. The summed E-state index contributed by atoms with van der Waals surface area (Å²) in [6.07, 6.45) is 17.9. The minimum atomic E-state index is -0.552. The number of rotatable bonds is 7. The predicted molar refractivity (Wildman–Crippen MR) is 310 cm³/mol. The maximum Gasteiger partial charge on any atom is 0.410 e. The third-order valence-corrected chi connectivity index (χ3v) is 13.0. The maximum atomic E-state index is 12.4. The number of aromatic nitrogens is 6. The van der Waals surface area contributed by atoms with Gasteiger partial charge >= 0.3 is 18.3 Å². The summed E-state index contributed by atoms with van der Waals surface area (Å²) in [6.45, 7) is 32.5. The summed E-state index contributed by atoms with van der Waals surface area (Å²) in [5, 5.41) is 17.3. The molecule has 7 rings (SSSR count). The van der Waals surface area contributed by atoms with Crippen molar-refractivity contribution in [2.75, 3.05) is 26.2 Å². The molecule has 0 aliphatic carbocycles. The molecule has 0 spiro atoms. The molecule has 0 radical (unpaired) electrons. The Hall–Kier alpha value is -4.41. The van der Waals surface area contributed by atoms with Gasteiger partial charge in [0, 0.05) is 56.4 Å². The normalized spacial score (nSPS) is 19.2. The maximum absolute atomic E-state index is 12.4. The third kappa shape index (κ3) is 21.2. The quantitative estimate of drug-likeness (QED) is 0.136. The van der Waals surface area contributed by atoms with E-state index in [1.54, 1.807) is 30.6 Å². The number of ether oxygens (including phenoxy) is 3. The number of amides is 3. The van der Waals surface area contributed by atoms with Crippen molar-refractivity contribution in [3.63, 3.8) is 0 Å². The molecule has 4 fully saturated rings. The molecule has 19 heteroatoms. The van der Waals surface area contributed by atoms with Crippen LogP contribution in [0.3, 0.4) is 0 Å². The van der Waals surface area contributed by atoms with E-state index in [1.165, 1.54) is 17.7 Å². The van der Waals surface area contributed by atoms with Crippen molar-refractivity contribution in [3.8, 4) is 12.3 Å². The molecule has 3 amide bonds. The Morgan fingerprint density at radius 2 is 1.01 bits per heavy atom. The lowest BCUT2D eigenvalue weighted by atomic mass is 10.1. The number of ketones is 1. The van der Waals surface area contributed by atoms with Crippen LogP contribution in [0.25, 0.3) is 0 Å². The summed E-state index contributed by atoms with van der Waals surface area (Å²) in [7, 11) is 0. The van der Waals surface area contributed by atoms with E-state index in [0.717, 1.165) is 77.8 Å². The first-order chi connectivity index (χ1) is 33.0. The molecule has 0 unspecified atom stereocenters. The Bertz CT molecular complexity index is 2270. The van der Waals surface area contributed by atoms with Crippen LogP contribution in [0.15, 0.2) is 33.6 Å². The fourth-order valence-corrected chi connectivity index (χ4v) is 9.49. The van der Waals surface area contributed by atoms with Crippen LogP contribution in [0.1, 0.15) is 238 Å². The minimum Gasteiger partial charge on any atom is -0.444 e. The van der Waals surface area contributed by atoms with E-state index in [2.05, 4.69) is 106 Å². The summed E-state index contributed by atoms with van der Waals surface area (Å²) >= 11 is 7.14. The van der Waals surface area contributed by atoms with Crippen molar-refractivity contribution in [1.82, 2.24) is 49.4 Å². The fourth-order valence-electron chi connectivity index (χ4n) is 8.37. The van der Waals surface area contributed by atoms with Gasteiger partial charge in [0.25, 0.3) is 0 Å². The zero-order valence-corrected chi connectivity index (χ0v) is 48.2. The van der Waals surface area contributed by atoms with E-state index in [4.69, 9.17) is 20.6 Å².